The van der Waals surface area contributed by atoms with E-state index in [4.69, 9.17) is 0 Å². The van der Waals surface area contributed by atoms with Crippen LogP contribution >= 0.6 is 0 Å². The van der Waals surface area contributed by atoms with Crippen LogP contribution < -0.4 is 5.43 Å². The number of carbonyl (C=O) groups is 1. The molecule has 25 heavy (non-hydrogen) atoms. The van der Waals surface area contributed by atoms with E-state index in [1.807, 2.05) is 19.6 Å². The van der Waals surface area contributed by atoms with E-state index < -0.39 is 36.7 Å². The predicted molar refractivity (Wildman–Crippen MR) is 93.6 cm³/mol. The highest BCUT2D eigenvalue weighted by Gasteiger charge is 2.29. The van der Waals surface area contributed by atoms with E-state index in [9.17, 15) is 23.5 Å². The van der Waals surface area contributed by atoms with Crippen molar-refractivity contribution in [1.29, 1.82) is 0 Å². The van der Waals surface area contributed by atoms with E-state index in [1.165, 1.54) is 6.20 Å². The van der Waals surface area contributed by atoms with Crippen molar-refractivity contribution in [3.63, 3.8) is 0 Å². The van der Waals surface area contributed by atoms with Crippen molar-refractivity contribution in [2.45, 2.75) is 38.5 Å². The summed E-state index contributed by atoms with van der Waals surface area (Å²) in [6.07, 6.45) is 2.80. The molecule has 1 aromatic heterocycles. The van der Waals surface area contributed by atoms with E-state index in [1.54, 1.807) is 4.57 Å². The van der Waals surface area contributed by atoms with Gasteiger partial charge in [-0.1, -0.05) is 25.6 Å². The van der Waals surface area contributed by atoms with E-state index >= 15 is 0 Å². The van der Waals surface area contributed by atoms with E-state index in [-0.39, 0.29) is 22.5 Å². The fourth-order valence-corrected chi connectivity index (χ4v) is 3.12. The van der Waals surface area contributed by atoms with E-state index in [0.29, 0.717) is 0 Å². The zero-order chi connectivity index (χ0) is 18.5. The fourth-order valence-electron chi connectivity index (χ4n) is 2.62. The Balaban J connectivity index is 2.48. The summed E-state index contributed by atoms with van der Waals surface area (Å²) >= 11 is 0. The lowest BCUT2D eigenvalue weighted by atomic mass is 10.1. The number of hydrogen-bond acceptors (Lipinski definition) is 2. The molecule has 1 N–H and O–H groups in total. The van der Waals surface area contributed by atoms with Gasteiger partial charge in [0, 0.05) is 12.2 Å². The molecule has 0 spiro atoms. The second kappa shape index (κ2) is 5.81. The molecule has 7 heteroatoms. The molecule has 1 aliphatic carbocycles. The molecule has 2 aromatic rings. The van der Waals surface area contributed by atoms with Gasteiger partial charge in [-0.2, -0.15) is 0 Å². The van der Waals surface area contributed by atoms with Crippen molar-refractivity contribution in [2.75, 3.05) is 0 Å². The van der Waals surface area contributed by atoms with Gasteiger partial charge in [0.25, 0.3) is 0 Å². The molecule has 130 valence electrons. The van der Waals surface area contributed by atoms with Gasteiger partial charge in [0.2, 0.25) is 5.43 Å². The van der Waals surface area contributed by atoms with Crippen molar-refractivity contribution in [2.24, 2.45) is 0 Å². The molecule has 1 aliphatic rings. The third-order valence-corrected chi connectivity index (χ3v) is 4.82. The molecule has 1 saturated carbocycles. The van der Waals surface area contributed by atoms with Crippen molar-refractivity contribution in [1.82, 2.24) is 4.57 Å². The smallest absolute Gasteiger partial charge is 0.341 e. The normalized spacial score (nSPS) is 14.3. The lowest BCUT2D eigenvalue weighted by Gasteiger charge is -2.14. The molecule has 0 aliphatic heterocycles. The third kappa shape index (κ3) is 3.22. The molecule has 0 amide bonds. The number of carboxylic acids is 1. The molecule has 1 fully saturated rings. The van der Waals surface area contributed by atoms with Crippen molar-refractivity contribution in [3.05, 3.63) is 45.2 Å². The Kier molecular flexibility index (Phi) is 4.04. The van der Waals surface area contributed by atoms with Crippen LogP contribution in [0.2, 0.25) is 19.6 Å². The molecule has 0 atom stereocenters. The Hall–Kier alpha value is -2.46. The number of rotatable bonds is 2. The summed E-state index contributed by atoms with van der Waals surface area (Å²) in [4.78, 5) is 23.8. The summed E-state index contributed by atoms with van der Waals surface area (Å²) in [5.74, 6) is -0.964. The summed E-state index contributed by atoms with van der Waals surface area (Å²) in [6.45, 7) is 5.90. The van der Waals surface area contributed by atoms with Crippen LogP contribution in [0.3, 0.4) is 0 Å². The minimum Gasteiger partial charge on any atom is -0.477 e. The van der Waals surface area contributed by atoms with Gasteiger partial charge in [0.1, 0.15) is 13.6 Å². The number of hydrogen-bond donors (Lipinski definition) is 1. The van der Waals surface area contributed by atoms with E-state index in [2.05, 4.69) is 11.5 Å². The van der Waals surface area contributed by atoms with Gasteiger partial charge in [-0.05, 0) is 18.9 Å². The first-order valence-electron chi connectivity index (χ1n) is 7.93. The summed E-state index contributed by atoms with van der Waals surface area (Å²) in [5, 5.41) is 9.10. The average Bonchev–Trinajstić information content (AvgIpc) is 3.32. The number of aromatic nitrogens is 1. The van der Waals surface area contributed by atoms with Gasteiger partial charge in [0.15, 0.2) is 11.6 Å². The lowest BCUT2D eigenvalue weighted by Crippen LogP contribution is -2.20. The highest BCUT2D eigenvalue weighted by atomic mass is 28.3. The number of benzene rings is 1. The Morgan fingerprint density at radius 2 is 1.96 bits per heavy atom. The largest absolute Gasteiger partial charge is 0.477 e. The highest BCUT2D eigenvalue weighted by molar-refractivity contribution is 6.83. The van der Waals surface area contributed by atoms with Crippen molar-refractivity contribution < 1.29 is 18.7 Å². The SMILES string of the molecule is C[Si](C)(C)C#Cc1c(F)c(F)cc2c(=O)c(C(=O)O)cn(C3CC3)c12. The number of halogens is 2. The number of aromatic carboxylic acids is 1. The minimum atomic E-state index is -1.87. The Morgan fingerprint density at radius 1 is 1.32 bits per heavy atom. The first-order valence-corrected chi connectivity index (χ1v) is 11.4. The lowest BCUT2D eigenvalue weighted by molar-refractivity contribution is 0.0695. The maximum absolute atomic E-state index is 14.5. The molecule has 4 nitrogen and oxygen atoms in total. The molecule has 1 heterocycles. The van der Waals surface area contributed by atoms with Crippen LogP contribution in [0.25, 0.3) is 10.9 Å². The average molecular weight is 361 g/mol. The second-order valence-electron chi connectivity index (χ2n) is 7.26. The predicted octanol–water partition coefficient (Wildman–Crippen LogP) is 3.54. The summed E-state index contributed by atoms with van der Waals surface area (Å²) in [7, 11) is -1.87. The van der Waals surface area contributed by atoms with Crippen LogP contribution in [0.5, 0.6) is 0 Å². The molecule has 3 rings (SSSR count). The Bertz CT molecular complexity index is 1020. The van der Waals surface area contributed by atoms with Gasteiger partial charge in [-0.15, -0.1) is 5.54 Å². The van der Waals surface area contributed by atoms with E-state index in [0.717, 1.165) is 18.9 Å². The van der Waals surface area contributed by atoms with Crippen LogP contribution in [0, 0.1) is 23.1 Å². The molecular formula is C18H17F2NO3Si. The molecular weight excluding hydrogens is 344 g/mol. The van der Waals surface area contributed by atoms with Crippen LogP contribution in [0.1, 0.15) is 34.8 Å². The molecule has 0 unspecified atom stereocenters. The number of pyridine rings is 1. The molecule has 0 saturated heterocycles. The van der Waals surface area contributed by atoms with Crippen LogP contribution in [-0.4, -0.2) is 23.7 Å². The van der Waals surface area contributed by atoms with Crippen LogP contribution in [-0.2, 0) is 0 Å². The Morgan fingerprint density at radius 3 is 2.48 bits per heavy atom. The van der Waals surface area contributed by atoms with Crippen molar-refractivity contribution >= 4 is 24.9 Å². The maximum atomic E-state index is 14.5. The second-order valence-corrected chi connectivity index (χ2v) is 12.0. The molecule has 0 bridgehead atoms. The summed E-state index contributed by atoms with van der Waals surface area (Å²) < 4.78 is 30.1. The Labute approximate surface area is 144 Å². The first kappa shape index (κ1) is 17.4. The number of nitrogens with zero attached hydrogens (tertiary/aromatic N) is 1. The van der Waals surface area contributed by atoms with Crippen LogP contribution in [0.4, 0.5) is 8.78 Å². The van der Waals surface area contributed by atoms with Gasteiger partial charge in [-0.3, -0.25) is 4.79 Å². The number of fused-ring (bicyclic) bond motifs is 1. The highest BCUT2D eigenvalue weighted by Crippen LogP contribution is 2.38. The summed E-state index contributed by atoms with van der Waals surface area (Å²) in [5.41, 5.74) is 1.73. The number of carboxylic acid groups (broad SMARTS) is 1. The summed E-state index contributed by atoms with van der Waals surface area (Å²) in [6, 6.07) is 0.747. The van der Waals surface area contributed by atoms with Crippen LogP contribution in [0.15, 0.2) is 17.1 Å². The fraction of sp³-hybridized carbons (Fsp3) is 0.333. The quantitative estimate of drug-likeness (QED) is 0.657. The molecule has 1 aromatic carbocycles. The zero-order valence-electron chi connectivity index (χ0n) is 14.1. The van der Waals surface area contributed by atoms with Gasteiger partial charge >= 0.3 is 5.97 Å². The van der Waals surface area contributed by atoms with Gasteiger partial charge in [0.05, 0.1) is 16.5 Å². The third-order valence-electron chi connectivity index (χ3n) is 3.94. The molecule has 0 radical (unpaired) electrons. The standard InChI is InChI=1S/C18H17F2NO3Si/c1-25(2,3)7-6-11-15(20)14(19)8-12-16(11)21(10-4-5-10)9-13(17(12)22)18(23)24/h8-10H,4-5H2,1-3H3,(H,23,24). The first-order chi connectivity index (χ1) is 11.6. The van der Waals surface area contributed by atoms with Crippen molar-refractivity contribution in [3.8, 4) is 11.5 Å². The van der Waals surface area contributed by atoms with Gasteiger partial charge in [-0.25, -0.2) is 13.6 Å². The zero-order valence-corrected chi connectivity index (χ0v) is 15.1. The topological polar surface area (TPSA) is 59.3 Å². The maximum Gasteiger partial charge on any atom is 0.341 e. The monoisotopic (exact) mass is 361 g/mol. The van der Waals surface area contributed by atoms with Gasteiger partial charge < -0.3 is 9.67 Å². The minimum absolute atomic E-state index is 0.0292.